The van der Waals surface area contributed by atoms with Crippen LogP contribution in [0.15, 0.2) is 86.6 Å². The smallest absolute Gasteiger partial charge is 0.410 e. The van der Waals surface area contributed by atoms with Crippen LogP contribution in [0.3, 0.4) is 0 Å². The highest BCUT2D eigenvalue weighted by molar-refractivity contribution is 6.13. The molecule has 0 saturated carbocycles. The van der Waals surface area contributed by atoms with Crippen LogP contribution in [0.25, 0.3) is 0 Å². The third kappa shape index (κ3) is 41.1. The fraction of sp³-hybridized carbons (Fsp3) is 0.683. The molecule has 0 aromatic carbocycles. The Morgan fingerprint density at radius 1 is 0.393 bits per heavy atom. The van der Waals surface area contributed by atoms with E-state index in [1.165, 1.54) is 28.0 Å². The Morgan fingerprint density at radius 2 is 0.686 bits per heavy atom. The largest absolute Gasteiger partial charge is 0.461 e. The topological polar surface area (TPSA) is 479 Å². The maximum atomic E-state index is 13.6. The van der Waals surface area contributed by atoms with Crippen molar-refractivity contribution in [3.8, 4) is 0 Å². The first-order valence-electron chi connectivity index (χ1n) is 47.9. The Balaban J connectivity index is 0.000000374. The number of nitrogens with one attached hydrogen (secondary N) is 1. The average Bonchev–Trinajstić information content (AvgIpc) is 1.65. The first kappa shape index (κ1) is 119. The first-order valence-corrected chi connectivity index (χ1v) is 47.9. The molecule has 0 aromatic rings. The molecule has 3 unspecified atom stereocenters. The molecule has 0 spiro atoms. The predicted molar refractivity (Wildman–Crippen MR) is 511 cm³/mol. The minimum absolute atomic E-state index is 0.0126. The summed E-state index contributed by atoms with van der Waals surface area (Å²) in [5.74, 6) is -10.4. The van der Waals surface area contributed by atoms with Gasteiger partial charge in [0.25, 0.3) is 11.8 Å². The van der Waals surface area contributed by atoms with Crippen LogP contribution in [-0.2, 0) is 129 Å². The SMILES string of the molecule is C=CCOC(=O)[C@H](CCC(=O)N1CCOC1[C@@H]1CC(=C)CN1C(=O)OC(C)(C)C)CC(=O)CC[C@H](C)C(=O)OC(C)(C)C.C=CCOC(=O)[C@H](CCC(=O)N1CCOC1[C@@H]1CC(=C)CN1C(=O)OC(C)(C)C)CC(=O)CC[C@H](N)C(=O)OC(C)(C)C.C=CCOC(=O)[C@H](CCC(=O)N1CCOC1[C@@H]1CC(=C)CN1C(=O)OC(C)(C)C)CC(=O)CC[C@H](NC(=O)CCN1C(=O)C=CC1=O)C(=O)OC(C)(C)C. The minimum atomic E-state index is -1.24. The third-order valence-corrected chi connectivity index (χ3v) is 22.4. The van der Waals surface area contributed by atoms with Crippen molar-refractivity contribution in [3.05, 3.63) is 86.6 Å². The molecule has 39 heteroatoms. The molecule has 7 rings (SSSR count). The number of esters is 6. The zero-order chi connectivity index (χ0) is 105. The Morgan fingerprint density at radius 3 is 0.993 bits per heavy atom. The number of hydrogen-bond donors (Lipinski definition) is 2. The van der Waals surface area contributed by atoms with Crippen molar-refractivity contribution in [2.75, 3.05) is 85.5 Å². The molecule has 12 atom stereocenters. The van der Waals surface area contributed by atoms with E-state index in [1.807, 2.05) is 0 Å². The summed E-state index contributed by atoms with van der Waals surface area (Å²) >= 11 is 0. The van der Waals surface area contributed by atoms with Gasteiger partial charge in [-0.25, -0.2) is 19.2 Å². The molecule has 6 saturated heterocycles. The van der Waals surface area contributed by atoms with Crippen molar-refractivity contribution in [2.45, 2.75) is 336 Å². The van der Waals surface area contributed by atoms with E-state index in [2.05, 4.69) is 44.8 Å². The molecule has 0 aliphatic carbocycles. The number of carbonyl (C=O) groups is 18. The zero-order valence-corrected chi connectivity index (χ0v) is 85.6. The summed E-state index contributed by atoms with van der Waals surface area (Å²) in [5, 5.41) is 2.54. The maximum Gasteiger partial charge on any atom is 0.410 e. The van der Waals surface area contributed by atoms with Crippen molar-refractivity contribution >= 4 is 107 Å². The highest BCUT2D eigenvalue weighted by Crippen LogP contribution is 2.37. The molecule has 39 nitrogen and oxygen atoms in total. The zero-order valence-electron chi connectivity index (χ0n) is 85.6. The number of carbonyl (C=O) groups excluding carboxylic acids is 18. The van der Waals surface area contributed by atoms with Gasteiger partial charge in [-0.2, -0.15) is 0 Å². The number of rotatable bonds is 43. The molecule has 0 bridgehead atoms. The van der Waals surface area contributed by atoms with Gasteiger partial charge in [0.2, 0.25) is 23.6 Å². The monoisotopic (exact) mass is 1970 g/mol. The van der Waals surface area contributed by atoms with Gasteiger partial charge in [0.1, 0.15) is 82.9 Å². The summed E-state index contributed by atoms with van der Waals surface area (Å²) < 4.78 is 66.2. The molecule has 3 N–H and O–H groups in total. The van der Waals surface area contributed by atoms with Gasteiger partial charge in [0, 0.05) is 122 Å². The lowest BCUT2D eigenvalue weighted by Crippen LogP contribution is -2.51. The van der Waals surface area contributed by atoms with E-state index in [4.69, 9.17) is 62.6 Å². The second-order valence-corrected chi connectivity index (χ2v) is 41.9. The average molecular weight is 1970 g/mol. The number of nitrogens with zero attached hydrogens (tertiary/aromatic N) is 7. The van der Waals surface area contributed by atoms with Crippen molar-refractivity contribution in [3.63, 3.8) is 0 Å². The van der Waals surface area contributed by atoms with E-state index in [9.17, 15) is 86.3 Å². The molecule has 0 aromatic heterocycles. The number of likely N-dealkylation sites (tertiary alicyclic amines) is 3. The van der Waals surface area contributed by atoms with Gasteiger partial charge in [-0.15, -0.1) is 0 Å². The van der Waals surface area contributed by atoms with E-state index >= 15 is 0 Å². The molecule has 6 fully saturated rings. The van der Waals surface area contributed by atoms with E-state index < -0.39 is 178 Å². The van der Waals surface area contributed by atoms with Gasteiger partial charge in [0.05, 0.1) is 61.6 Å². The number of amides is 9. The molecule has 7 heterocycles. The molecule has 0 radical (unpaired) electrons. The lowest BCUT2D eigenvalue weighted by atomic mass is 9.93. The summed E-state index contributed by atoms with van der Waals surface area (Å²) in [7, 11) is 0. The Labute approximate surface area is 823 Å². The summed E-state index contributed by atoms with van der Waals surface area (Å²) in [6.07, 6.45) is 3.17. The fourth-order valence-corrected chi connectivity index (χ4v) is 15.9. The van der Waals surface area contributed by atoms with Crippen molar-refractivity contribution in [1.29, 1.82) is 0 Å². The molecular weight excluding hydrogens is 1820 g/mol. The Kier molecular flexibility index (Phi) is 46.0. The number of ether oxygens (including phenoxy) is 12. The number of Topliss-reactive ketones (excluding diaryl/α,β-unsaturated/α-hetero) is 3. The van der Waals surface area contributed by atoms with E-state index in [0.29, 0.717) is 58.7 Å². The molecule has 140 heavy (non-hydrogen) atoms. The summed E-state index contributed by atoms with van der Waals surface area (Å²) in [4.78, 5) is 241. The van der Waals surface area contributed by atoms with Crippen LogP contribution in [0.4, 0.5) is 14.4 Å². The van der Waals surface area contributed by atoms with Gasteiger partial charge in [-0.3, -0.25) is 86.7 Å². The van der Waals surface area contributed by atoms with Crippen LogP contribution < -0.4 is 11.1 Å². The molecule has 7 aliphatic heterocycles. The quantitative estimate of drug-likeness (QED) is 0.0248. The van der Waals surface area contributed by atoms with Crippen molar-refractivity contribution in [2.24, 2.45) is 29.4 Å². The fourth-order valence-electron chi connectivity index (χ4n) is 15.9. The van der Waals surface area contributed by atoms with Crippen molar-refractivity contribution in [1.82, 2.24) is 39.6 Å². The summed E-state index contributed by atoms with van der Waals surface area (Å²) in [6.45, 7) is 58.1. The second-order valence-electron chi connectivity index (χ2n) is 41.9. The highest BCUT2D eigenvalue weighted by atomic mass is 16.6. The van der Waals surface area contributed by atoms with Gasteiger partial charge in [0.15, 0.2) is 18.7 Å². The van der Waals surface area contributed by atoms with E-state index in [0.717, 1.165) is 33.8 Å². The third-order valence-electron chi connectivity index (χ3n) is 22.4. The van der Waals surface area contributed by atoms with Crippen LogP contribution in [0.2, 0.25) is 0 Å². The number of nitrogens with two attached hydrogens (primary N) is 1. The first-order chi connectivity index (χ1) is 65.0. The van der Waals surface area contributed by atoms with Crippen LogP contribution in [0.5, 0.6) is 0 Å². The van der Waals surface area contributed by atoms with Gasteiger partial charge in [-0.1, -0.05) is 81.3 Å². The molecule has 782 valence electrons. The van der Waals surface area contributed by atoms with Crippen LogP contribution in [0, 0.1) is 23.7 Å². The lowest BCUT2D eigenvalue weighted by molar-refractivity contribution is -0.160. The Bertz CT molecular complexity index is 4330. The van der Waals surface area contributed by atoms with Crippen LogP contribution >= 0.6 is 0 Å². The standard InChI is InChI=1S/C38H54N4O12.C32H50N2O9.C31H49N3O9/c1-9-19-52-34(48)25(10-13-32(47)41-18-20-51-33(41)28-21-24(2)23-42(28)36(50)54-38(6,7)8)22-26(43)11-12-27(35(49)53-37(3,4)5)39-29(44)16-17-40-30(45)14-15-31(40)46;1-10-16-41-29(38)23(19-24(35)13-11-22(3)28(37)42-31(4,5)6)12-14-26(36)33-15-17-40-27(33)25-18-21(2)20-34(25)30(39)43-32(7,8)9;1-9-15-41-27(37)21(18-22(35)11-12-23(32)28(38)42-30(3,4)5)10-13-25(36)33-14-16-40-26(33)24-17-20(2)19-34(24)29(39)43-31(6,7)8/h9,14-15,25,27-28,33H,1-2,10-13,16-23H2,3-8H3,(H,39,44);10,22-23,25,27H,1-2,11-20H2,3-9H3;9,21,23-24,26H,1-2,10-19,32H2,3-8H3/t25-,27+,28+,33?;22-,23+,25-,27?;21-,23+,24+,26?/m101/s1. The van der Waals surface area contributed by atoms with Crippen LogP contribution in [0.1, 0.15) is 254 Å². The van der Waals surface area contributed by atoms with E-state index in [-0.39, 0.29) is 184 Å². The minimum Gasteiger partial charge on any atom is -0.461 e. The summed E-state index contributed by atoms with van der Waals surface area (Å²) in [6, 6.07) is -3.64. The maximum absolute atomic E-state index is 13.6. The number of hydrogen-bond acceptors (Lipinski definition) is 31. The predicted octanol–water partition coefficient (Wildman–Crippen LogP) is 10.6. The molecular formula is C101H153N9O30. The van der Waals surface area contributed by atoms with E-state index in [1.54, 1.807) is 151 Å². The van der Waals surface area contributed by atoms with Crippen molar-refractivity contribution < 1.29 is 143 Å². The second kappa shape index (κ2) is 54.1. The Hall–Kier alpha value is -11.3. The molecule has 7 aliphatic rings. The van der Waals surface area contributed by atoms with Gasteiger partial charge < -0.3 is 82.6 Å². The highest BCUT2D eigenvalue weighted by Gasteiger charge is 2.50. The number of imide groups is 1. The van der Waals surface area contributed by atoms with Gasteiger partial charge in [-0.05, 0) is 182 Å². The summed E-state index contributed by atoms with van der Waals surface area (Å²) in [5.41, 5.74) is 4.02. The normalized spacial score (nSPS) is 20.2. The number of ketones is 3. The molecule has 9 amide bonds. The van der Waals surface area contributed by atoms with Gasteiger partial charge >= 0.3 is 54.1 Å². The van der Waals surface area contributed by atoms with Crippen LogP contribution in [-0.4, -0.2) is 309 Å². The lowest BCUT2D eigenvalue weighted by Gasteiger charge is -2.34.